The number of nitrogens with one attached hydrogen (secondary N) is 1. The molecule has 2 fully saturated rings. The van der Waals surface area contributed by atoms with Gasteiger partial charge in [-0.25, -0.2) is 0 Å². The summed E-state index contributed by atoms with van der Waals surface area (Å²) in [5.74, 6) is -0.0426. The van der Waals surface area contributed by atoms with Crippen molar-refractivity contribution in [2.45, 2.75) is 38.6 Å². The Morgan fingerprint density at radius 3 is 2.81 bits per heavy atom. The fraction of sp³-hybridized carbons (Fsp3) is 0.933. The Hall–Kier alpha value is -0.690. The third-order valence-electron chi connectivity index (χ3n) is 4.12. The second-order valence-corrected chi connectivity index (χ2v) is 5.68. The summed E-state index contributed by atoms with van der Waals surface area (Å²) in [6, 6.07) is -0.0268. The minimum Gasteiger partial charge on any atom is -0.465 e. The summed E-state index contributed by atoms with van der Waals surface area (Å²) in [6.07, 6.45) is 4.16. The molecule has 2 saturated heterocycles. The van der Waals surface area contributed by atoms with Crippen molar-refractivity contribution < 1.29 is 14.4 Å². The van der Waals surface area contributed by atoms with E-state index in [9.17, 15) is 4.79 Å². The molecule has 0 aromatic rings. The Morgan fingerprint density at radius 2 is 2.10 bits per heavy atom. The van der Waals surface area contributed by atoms with Crippen LogP contribution in [0.4, 0.5) is 0 Å². The Labute approximate surface area is 127 Å². The molecule has 2 rings (SSSR count). The van der Waals surface area contributed by atoms with Crippen molar-refractivity contribution in [2.24, 2.45) is 0 Å². The summed E-state index contributed by atoms with van der Waals surface area (Å²) in [5.41, 5.74) is 0. The van der Waals surface area contributed by atoms with Gasteiger partial charge in [0.2, 0.25) is 0 Å². The molecule has 1 atom stereocenters. The molecule has 2 aliphatic rings. The molecule has 0 saturated carbocycles. The summed E-state index contributed by atoms with van der Waals surface area (Å²) in [6.45, 7) is 9.12. The molecule has 0 spiro atoms. The third-order valence-corrected chi connectivity index (χ3v) is 4.12. The van der Waals surface area contributed by atoms with Crippen LogP contribution in [0, 0.1) is 0 Å². The van der Waals surface area contributed by atoms with Gasteiger partial charge in [0.25, 0.3) is 0 Å². The van der Waals surface area contributed by atoms with Crippen LogP contribution in [0.2, 0.25) is 0 Å². The van der Waals surface area contributed by atoms with Crippen molar-refractivity contribution in [3.05, 3.63) is 0 Å². The maximum Gasteiger partial charge on any atom is 0.323 e. The fourth-order valence-electron chi connectivity index (χ4n) is 2.86. The Bertz CT molecular complexity index is 307. The molecule has 21 heavy (non-hydrogen) atoms. The van der Waals surface area contributed by atoms with Gasteiger partial charge in [0.1, 0.15) is 6.04 Å². The van der Waals surface area contributed by atoms with Gasteiger partial charge in [0.15, 0.2) is 0 Å². The van der Waals surface area contributed by atoms with Crippen LogP contribution in [0.5, 0.6) is 0 Å². The number of carbonyl (C=O) groups excluding carboxylic acids is 1. The van der Waals surface area contributed by atoms with E-state index in [-0.39, 0.29) is 12.0 Å². The van der Waals surface area contributed by atoms with E-state index in [0.29, 0.717) is 6.61 Å². The average Bonchev–Trinajstić information content (AvgIpc) is 2.52. The quantitative estimate of drug-likeness (QED) is 0.524. The molecule has 0 aromatic heterocycles. The van der Waals surface area contributed by atoms with E-state index in [0.717, 1.165) is 71.6 Å². The van der Waals surface area contributed by atoms with Crippen molar-refractivity contribution in [3.63, 3.8) is 0 Å². The third kappa shape index (κ3) is 5.54. The summed E-state index contributed by atoms with van der Waals surface area (Å²) in [4.78, 5) is 19.8. The summed E-state index contributed by atoms with van der Waals surface area (Å²) in [7, 11) is 0. The van der Waals surface area contributed by atoms with Crippen molar-refractivity contribution in [2.75, 3.05) is 52.5 Å². The Morgan fingerprint density at radius 1 is 1.29 bits per heavy atom. The molecule has 122 valence electrons. The first-order valence-corrected chi connectivity index (χ1v) is 8.30. The molecule has 6 heteroatoms. The van der Waals surface area contributed by atoms with Gasteiger partial charge in [-0.2, -0.15) is 5.06 Å². The van der Waals surface area contributed by atoms with E-state index >= 15 is 0 Å². The number of piperazine rings is 1. The molecule has 0 amide bonds. The number of carbonyl (C=O) groups is 1. The number of cyclic esters (lactones) is 1. The lowest BCUT2D eigenvalue weighted by atomic mass is 10.1. The highest BCUT2D eigenvalue weighted by Crippen LogP contribution is 2.16. The van der Waals surface area contributed by atoms with Crippen LogP contribution in [0.3, 0.4) is 0 Å². The van der Waals surface area contributed by atoms with E-state index in [4.69, 9.17) is 9.57 Å². The van der Waals surface area contributed by atoms with Crippen LogP contribution in [0.25, 0.3) is 0 Å². The zero-order valence-electron chi connectivity index (χ0n) is 13.2. The monoisotopic (exact) mass is 299 g/mol. The number of rotatable bonds is 8. The van der Waals surface area contributed by atoms with Crippen molar-refractivity contribution in [1.29, 1.82) is 0 Å². The van der Waals surface area contributed by atoms with Gasteiger partial charge in [-0.15, -0.1) is 0 Å². The second-order valence-electron chi connectivity index (χ2n) is 5.68. The summed E-state index contributed by atoms with van der Waals surface area (Å²) < 4.78 is 5.15. The molecule has 0 aromatic carbocycles. The van der Waals surface area contributed by atoms with E-state index in [1.807, 2.05) is 5.06 Å². The molecule has 0 aliphatic carbocycles. The van der Waals surface area contributed by atoms with Crippen LogP contribution < -0.4 is 5.32 Å². The summed E-state index contributed by atoms with van der Waals surface area (Å²) >= 11 is 0. The number of esters is 1. The number of hydroxylamine groups is 2. The number of hydrogen-bond acceptors (Lipinski definition) is 6. The predicted molar refractivity (Wildman–Crippen MR) is 80.9 cm³/mol. The van der Waals surface area contributed by atoms with Crippen molar-refractivity contribution in [3.8, 4) is 0 Å². The normalized spacial score (nSPS) is 25.0. The molecule has 1 N–H and O–H groups in total. The van der Waals surface area contributed by atoms with Crippen LogP contribution >= 0.6 is 0 Å². The molecular weight excluding hydrogens is 270 g/mol. The zero-order chi connectivity index (χ0) is 14.9. The minimum atomic E-state index is -0.0426. The van der Waals surface area contributed by atoms with Gasteiger partial charge in [0.05, 0.1) is 13.2 Å². The van der Waals surface area contributed by atoms with Crippen molar-refractivity contribution >= 4 is 5.97 Å². The smallest absolute Gasteiger partial charge is 0.323 e. The van der Waals surface area contributed by atoms with E-state index in [2.05, 4.69) is 17.1 Å². The average molecular weight is 299 g/mol. The first kappa shape index (κ1) is 16.7. The largest absolute Gasteiger partial charge is 0.465 e. The van der Waals surface area contributed by atoms with E-state index < -0.39 is 0 Å². The Kier molecular flexibility index (Phi) is 7.43. The number of unbranched alkanes of at least 4 members (excludes halogenated alkanes) is 1. The van der Waals surface area contributed by atoms with Gasteiger partial charge < -0.3 is 10.1 Å². The molecule has 0 radical (unpaired) electrons. The van der Waals surface area contributed by atoms with Gasteiger partial charge in [-0.3, -0.25) is 14.5 Å². The fourth-order valence-corrected chi connectivity index (χ4v) is 2.86. The SMILES string of the molecule is CCNCCCCON1CCN(C2CCCOC2=O)CC1. The first-order chi connectivity index (χ1) is 10.3. The lowest BCUT2D eigenvalue weighted by Crippen LogP contribution is -2.53. The molecule has 6 nitrogen and oxygen atoms in total. The second kappa shape index (κ2) is 9.35. The van der Waals surface area contributed by atoms with Gasteiger partial charge in [0, 0.05) is 26.2 Å². The maximum atomic E-state index is 11.8. The molecule has 1 unspecified atom stereocenters. The standard InChI is InChI=1S/C15H29N3O3/c1-2-16-7-3-4-13-21-18-10-8-17(9-11-18)14-6-5-12-20-15(14)19/h14,16H,2-13H2,1H3. The molecule has 0 bridgehead atoms. The van der Waals surface area contributed by atoms with Gasteiger partial charge in [-0.1, -0.05) is 6.92 Å². The lowest BCUT2D eigenvalue weighted by molar-refractivity contribution is -0.185. The zero-order valence-corrected chi connectivity index (χ0v) is 13.2. The highest BCUT2D eigenvalue weighted by molar-refractivity contribution is 5.76. The van der Waals surface area contributed by atoms with Crippen LogP contribution in [0.15, 0.2) is 0 Å². The maximum absolute atomic E-state index is 11.8. The number of ether oxygens (including phenoxy) is 1. The van der Waals surface area contributed by atoms with E-state index in [1.165, 1.54) is 0 Å². The van der Waals surface area contributed by atoms with Crippen LogP contribution in [-0.2, 0) is 14.4 Å². The van der Waals surface area contributed by atoms with Crippen LogP contribution in [-0.4, -0.2) is 74.5 Å². The molecule has 2 heterocycles. The van der Waals surface area contributed by atoms with Gasteiger partial charge in [-0.05, 0) is 38.8 Å². The molecule has 2 aliphatic heterocycles. The predicted octanol–water partition coefficient (Wildman–Crippen LogP) is 0.631. The van der Waals surface area contributed by atoms with E-state index in [1.54, 1.807) is 0 Å². The highest BCUT2D eigenvalue weighted by Gasteiger charge is 2.32. The van der Waals surface area contributed by atoms with Crippen molar-refractivity contribution in [1.82, 2.24) is 15.3 Å². The lowest BCUT2D eigenvalue weighted by Gasteiger charge is -2.38. The molecular formula is C15H29N3O3. The first-order valence-electron chi connectivity index (χ1n) is 8.30. The van der Waals surface area contributed by atoms with Crippen LogP contribution in [0.1, 0.15) is 32.6 Å². The number of hydrogen-bond donors (Lipinski definition) is 1. The summed E-state index contributed by atoms with van der Waals surface area (Å²) in [5, 5.41) is 5.35. The van der Waals surface area contributed by atoms with Gasteiger partial charge >= 0.3 is 5.97 Å². The highest BCUT2D eigenvalue weighted by atomic mass is 16.7. The minimum absolute atomic E-state index is 0.0268. The number of nitrogens with zero attached hydrogens (tertiary/aromatic N) is 2. The topological polar surface area (TPSA) is 54.0 Å². The Balaban J connectivity index is 1.56.